The number of carbonyl (C=O) groups is 2. The van der Waals surface area contributed by atoms with Gasteiger partial charge in [-0.1, -0.05) is 0 Å². The van der Waals surface area contributed by atoms with Crippen molar-refractivity contribution in [3.8, 4) is 11.5 Å². The van der Waals surface area contributed by atoms with Gasteiger partial charge >= 0.3 is 0 Å². The van der Waals surface area contributed by atoms with E-state index in [0.29, 0.717) is 17.2 Å². The minimum absolute atomic E-state index is 0. The van der Waals surface area contributed by atoms with Crippen LogP contribution in [0.4, 0.5) is 5.69 Å². The van der Waals surface area contributed by atoms with E-state index in [2.05, 4.69) is 4.74 Å². The van der Waals surface area contributed by atoms with Gasteiger partial charge in [0, 0.05) is 18.8 Å². The Morgan fingerprint density at radius 3 is 2.42 bits per heavy atom. The van der Waals surface area contributed by atoms with E-state index in [0.717, 1.165) is 0 Å². The van der Waals surface area contributed by atoms with Crippen molar-refractivity contribution in [1.82, 2.24) is 6.15 Å². The Balaban J connectivity index is 0.00000324. The fourth-order valence-corrected chi connectivity index (χ4v) is 1.38. The number of ether oxygens (including phenoxy) is 3. The number of rotatable bonds is 6. The first-order valence-electron chi connectivity index (χ1n) is 5.17. The summed E-state index contributed by atoms with van der Waals surface area (Å²) in [5.74, 6) is 0.756. The Kier molecular flexibility index (Phi) is 6.98. The van der Waals surface area contributed by atoms with Crippen LogP contribution in [0.1, 0.15) is 0 Å². The van der Waals surface area contributed by atoms with Crippen LogP contribution in [0.5, 0.6) is 11.5 Å². The van der Waals surface area contributed by atoms with Gasteiger partial charge in [-0.3, -0.25) is 9.59 Å². The van der Waals surface area contributed by atoms with Crippen molar-refractivity contribution in [2.45, 2.75) is 0 Å². The molecule has 0 bridgehead atoms. The fraction of sp³-hybridized carbons (Fsp3) is 0.333. The van der Waals surface area contributed by atoms with Crippen LogP contribution >= 0.6 is 0 Å². The molecule has 7 nitrogen and oxygen atoms in total. The van der Waals surface area contributed by atoms with Crippen molar-refractivity contribution in [2.24, 2.45) is 0 Å². The number of methoxy groups -OCH3 is 2. The van der Waals surface area contributed by atoms with E-state index >= 15 is 0 Å². The standard InChI is InChI=1S/C12H15NO5.H3N/c1-13(12(15)7-18-8-14)9-4-5-10(16-2)11(6-9)17-3;/h4-6,8H,7H2,1-3H3;1H3. The minimum atomic E-state index is -0.339. The van der Waals surface area contributed by atoms with Gasteiger partial charge in [0.2, 0.25) is 0 Å². The molecule has 1 aromatic rings. The number of hydrogen-bond donors (Lipinski definition) is 1. The second kappa shape index (κ2) is 7.93. The SMILES string of the molecule is COc1ccc(N(C)C(=O)COC=O)cc1OC.N. The van der Waals surface area contributed by atoms with Crippen LogP contribution in [0.15, 0.2) is 18.2 Å². The highest BCUT2D eigenvalue weighted by molar-refractivity contribution is 5.94. The zero-order valence-corrected chi connectivity index (χ0v) is 11.2. The van der Waals surface area contributed by atoms with Crippen LogP contribution in [-0.4, -0.2) is 40.3 Å². The lowest BCUT2D eigenvalue weighted by Gasteiger charge is -2.18. The lowest BCUT2D eigenvalue weighted by Crippen LogP contribution is -2.29. The lowest BCUT2D eigenvalue weighted by atomic mass is 10.2. The van der Waals surface area contributed by atoms with E-state index in [-0.39, 0.29) is 25.1 Å². The molecule has 0 fully saturated rings. The first-order valence-corrected chi connectivity index (χ1v) is 5.17. The van der Waals surface area contributed by atoms with Gasteiger partial charge in [0.25, 0.3) is 12.4 Å². The van der Waals surface area contributed by atoms with Crippen molar-refractivity contribution in [2.75, 3.05) is 32.8 Å². The Bertz CT molecular complexity index is 436. The number of anilines is 1. The molecule has 0 saturated heterocycles. The Morgan fingerprint density at radius 2 is 1.89 bits per heavy atom. The smallest absolute Gasteiger partial charge is 0.293 e. The molecule has 0 aromatic heterocycles. The number of nitrogens with zero attached hydrogens (tertiary/aromatic N) is 1. The van der Waals surface area contributed by atoms with Crippen LogP contribution in [0.3, 0.4) is 0 Å². The molecular formula is C12H18N2O5. The molecule has 3 N–H and O–H groups in total. The van der Waals surface area contributed by atoms with Gasteiger partial charge < -0.3 is 25.3 Å². The minimum Gasteiger partial charge on any atom is -0.493 e. The lowest BCUT2D eigenvalue weighted by molar-refractivity contribution is -0.136. The molecule has 0 unspecified atom stereocenters. The Labute approximate surface area is 111 Å². The first-order chi connectivity index (χ1) is 8.63. The maximum Gasteiger partial charge on any atom is 0.293 e. The summed E-state index contributed by atoms with van der Waals surface area (Å²) < 4.78 is 14.6. The third kappa shape index (κ3) is 4.14. The number of hydrogen-bond acceptors (Lipinski definition) is 6. The van der Waals surface area contributed by atoms with E-state index in [1.165, 1.54) is 19.1 Å². The van der Waals surface area contributed by atoms with Gasteiger partial charge in [-0.25, -0.2) is 0 Å². The quantitative estimate of drug-likeness (QED) is 0.774. The summed E-state index contributed by atoms with van der Waals surface area (Å²) in [5, 5.41) is 0. The van der Waals surface area contributed by atoms with Gasteiger partial charge in [-0.05, 0) is 12.1 Å². The van der Waals surface area contributed by atoms with Gasteiger partial charge in [-0.2, -0.15) is 0 Å². The van der Waals surface area contributed by atoms with E-state index in [1.54, 1.807) is 25.2 Å². The zero-order valence-electron chi connectivity index (χ0n) is 11.2. The maximum atomic E-state index is 11.6. The average molecular weight is 270 g/mol. The van der Waals surface area contributed by atoms with Crippen molar-refractivity contribution < 1.29 is 23.8 Å². The van der Waals surface area contributed by atoms with E-state index < -0.39 is 0 Å². The molecule has 0 saturated carbocycles. The first kappa shape index (κ1) is 16.7. The summed E-state index contributed by atoms with van der Waals surface area (Å²) in [6, 6.07) is 5.07. The number of benzene rings is 1. The second-order valence-electron chi connectivity index (χ2n) is 3.40. The molecule has 1 rings (SSSR count). The van der Waals surface area contributed by atoms with Crippen LogP contribution in [0.25, 0.3) is 0 Å². The van der Waals surface area contributed by atoms with Crippen LogP contribution in [0, 0.1) is 0 Å². The number of carbonyl (C=O) groups excluding carboxylic acids is 2. The van der Waals surface area contributed by atoms with Crippen LogP contribution < -0.4 is 20.5 Å². The average Bonchev–Trinajstić information content (AvgIpc) is 2.42. The van der Waals surface area contributed by atoms with Gasteiger partial charge in [0.15, 0.2) is 18.1 Å². The van der Waals surface area contributed by atoms with Crippen LogP contribution in [0.2, 0.25) is 0 Å². The van der Waals surface area contributed by atoms with Crippen molar-refractivity contribution in [3.05, 3.63) is 18.2 Å². The molecule has 106 valence electrons. The molecular weight excluding hydrogens is 252 g/mol. The molecule has 0 spiro atoms. The molecule has 19 heavy (non-hydrogen) atoms. The predicted molar refractivity (Wildman–Crippen MR) is 70.0 cm³/mol. The van der Waals surface area contributed by atoms with Gasteiger partial charge in [0.05, 0.1) is 14.2 Å². The van der Waals surface area contributed by atoms with E-state index in [9.17, 15) is 9.59 Å². The number of likely N-dealkylation sites (N-methyl/N-ethyl adjacent to an activating group) is 1. The van der Waals surface area contributed by atoms with Crippen molar-refractivity contribution in [3.63, 3.8) is 0 Å². The zero-order chi connectivity index (χ0) is 13.5. The molecule has 0 aliphatic heterocycles. The molecule has 0 aliphatic carbocycles. The summed E-state index contributed by atoms with van der Waals surface area (Å²) >= 11 is 0. The molecule has 7 heteroatoms. The topological polar surface area (TPSA) is 100 Å². The summed E-state index contributed by atoms with van der Waals surface area (Å²) in [7, 11) is 4.63. The molecule has 0 heterocycles. The maximum absolute atomic E-state index is 11.6. The van der Waals surface area contributed by atoms with Crippen molar-refractivity contribution in [1.29, 1.82) is 0 Å². The van der Waals surface area contributed by atoms with E-state index in [4.69, 9.17) is 9.47 Å². The molecule has 1 aromatic carbocycles. The van der Waals surface area contributed by atoms with Gasteiger partial charge in [-0.15, -0.1) is 0 Å². The highest BCUT2D eigenvalue weighted by Crippen LogP contribution is 2.31. The third-order valence-electron chi connectivity index (χ3n) is 2.40. The number of amides is 1. The highest BCUT2D eigenvalue weighted by Gasteiger charge is 2.13. The predicted octanol–water partition coefficient (Wildman–Crippen LogP) is 1.00. The fourth-order valence-electron chi connectivity index (χ4n) is 1.38. The molecule has 0 atom stereocenters. The Hall–Kier alpha value is -2.28. The summed E-state index contributed by atoms with van der Waals surface area (Å²) in [6.45, 7) is -0.0608. The monoisotopic (exact) mass is 270 g/mol. The van der Waals surface area contributed by atoms with E-state index in [1.807, 2.05) is 0 Å². The normalized spacial score (nSPS) is 9.00. The largest absolute Gasteiger partial charge is 0.493 e. The summed E-state index contributed by atoms with van der Waals surface area (Å²) in [4.78, 5) is 23.0. The molecule has 0 aliphatic rings. The highest BCUT2D eigenvalue weighted by atomic mass is 16.5. The second-order valence-corrected chi connectivity index (χ2v) is 3.40. The van der Waals surface area contributed by atoms with Crippen molar-refractivity contribution >= 4 is 18.1 Å². The summed E-state index contributed by atoms with van der Waals surface area (Å²) in [5.41, 5.74) is 0.618. The molecule has 1 amide bonds. The molecule has 0 radical (unpaired) electrons. The Morgan fingerprint density at radius 1 is 1.26 bits per heavy atom. The third-order valence-corrected chi connectivity index (χ3v) is 2.40. The summed E-state index contributed by atoms with van der Waals surface area (Å²) in [6.07, 6.45) is 0. The van der Waals surface area contributed by atoms with Gasteiger partial charge in [0.1, 0.15) is 0 Å². The van der Waals surface area contributed by atoms with Crippen LogP contribution in [-0.2, 0) is 14.3 Å².